The molecule has 19 heavy (non-hydrogen) atoms. The molecule has 1 aromatic carbocycles. The summed E-state index contributed by atoms with van der Waals surface area (Å²) in [6.45, 7) is 0. The van der Waals surface area contributed by atoms with Crippen LogP contribution in [0.1, 0.15) is 37.3 Å². The SMILES string of the molecule is CNC1CCC(C(N)c2ccc(OC)c(Br)c2)CC1. The normalized spacial score (nSPS) is 25.1. The van der Waals surface area contributed by atoms with Crippen molar-refractivity contribution in [3.63, 3.8) is 0 Å². The Morgan fingerprint density at radius 2 is 2.00 bits per heavy atom. The van der Waals surface area contributed by atoms with E-state index in [1.165, 1.54) is 31.2 Å². The van der Waals surface area contributed by atoms with Gasteiger partial charge in [-0.1, -0.05) is 6.07 Å². The van der Waals surface area contributed by atoms with Crippen molar-refractivity contribution in [2.45, 2.75) is 37.8 Å². The fraction of sp³-hybridized carbons (Fsp3) is 0.600. The predicted octanol–water partition coefficient (Wildman–Crippen LogP) is 3.24. The fourth-order valence-corrected chi connectivity index (χ4v) is 3.49. The molecule has 1 unspecified atom stereocenters. The standard InChI is InChI=1S/C15H23BrN2O/c1-18-12-6-3-10(4-7-12)15(17)11-5-8-14(19-2)13(16)9-11/h5,8-10,12,15,18H,3-4,6-7,17H2,1-2H3. The first-order chi connectivity index (χ1) is 9.15. The molecular formula is C15H23BrN2O. The van der Waals surface area contributed by atoms with E-state index >= 15 is 0 Å². The fourth-order valence-electron chi connectivity index (χ4n) is 2.93. The van der Waals surface area contributed by atoms with Gasteiger partial charge in [-0.15, -0.1) is 0 Å². The Balaban J connectivity index is 2.03. The summed E-state index contributed by atoms with van der Waals surface area (Å²) >= 11 is 3.53. The molecule has 1 aliphatic rings. The maximum Gasteiger partial charge on any atom is 0.133 e. The average molecular weight is 327 g/mol. The van der Waals surface area contributed by atoms with Crippen LogP contribution in [0.15, 0.2) is 22.7 Å². The van der Waals surface area contributed by atoms with E-state index in [-0.39, 0.29) is 6.04 Å². The van der Waals surface area contributed by atoms with Crippen molar-refractivity contribution in [3.05, 3.63) is 28.2 Å². The molecule has 4 heteroatoms. The largest absolute Gasteiger partial charge is 0.496 e. The van der Waals surface area contributed by atoms with Gasteiger partial charge in [0.25, 0.3) is 0 Å². The number of ether oxygens (including phenoxy) is 1. The van der Waals surface area contributed by atoms with Gasteiger partial charge in [-0.2, -0.15) is 0 Å². The van der Waals surface area contributed by atoms with Gasteiger partial charge in [-0.05, 0) is 72.3 Å². The average Bonchev–Trinajstić information content (AvgIpc) is 2.46. The molecule has 1 fully saturated rings. The molecule has 0 heterocycles. The van der Waals surface area contributed by atoms with Crippen LogP contribution < -0.4 is 15.8 Å². The summed E-state index contributed by atoms with van der Waals surface area (Å²) < 4.78 is 6.24. The smallest absolute Gasteiger partial charge is 0.133 e. The van der Waals surface area contributed by atoms with Crippen LogP contribution in [-0.2, 0) is 0 Å². The van der Waals surface area contributed by atoms with Crippen molar-refractivity contribution in [3.8, 4) is 5.75 Å². The summed E-state index contributed by atoms with van der Waals surface area (Å²) in [5.41, 5.74) is 7.63. The summed E-state index contributed by atoms with van der Waals surface area (Å²) in [6, 6.07) is 6.95. The quantitative estimate of drug-likeness (QED) is 0.892. The Kier molecular flexibility index (Phi) is 5.25. The van der Waals surface area contributed by atoms with Crippen LogP contribution in [0.3, 0.4) is 0 Å². The molecule has 1 atom stereocenters. The third kappa shape index (κ3) is 3.50. The van der Waals surface area contributed by atoms with E-state index in [2.05, 4.69) is 33.4 Å². The monoisotopic (exact) mass is 326 g/mol. The molecule has 1 saturated carbocycles. The van der Waals surface area contributed by atoms with Crippen LogP contribution in [0.2, 0.25) is 0 Å². The highest BCUT2D eigenvalue weighted by molar-refractivity contribution is 9.10. The summed E-state index contributed by atoms with van der Waals surface area (Å²) in [6.07, 6.45) is 4.87. The van der Waals surface area contributed by atoms with Crippen molar-refractivity contribution in [1.82, 2.24) is 5.32 Å². The number of hydrogen-bond donors (Lipinski definition) is 2. The van der Waals surface area contributed by atoms with Crippen molar-refractivity contribution in [2.75, 3.05) is 14.2 Å². The van der Waals surface area contributed by atoms with Gasteiger partial charge in [0.15, 0.2) is 0 Å². The van der Waals surface area contributed by atoms with Gasteiger partial charge >= 0.3 is 0 Å². The van der Waals surface area contributed by atoms with Gasteiger partial charge in [0.1, 0.15) is 5.75 Å². The Hall–Kier alpha value is -0.580. The molecule has 0 saturated heterocycles. The van der Waals surface area contributed by atoms with Crippen molar-refractivity contribution < 1.29 is 4.74 Å². The molecule has 3 nitrogen and oxygen atoms in total. The lowest BCUT2D eigenvalue weighted by molar-refractivity contribution is 0.266. The topological polar surface area (TPSA) is 47.3 Å². The second-order valence-corrected chi connectivity index (χ2v) is 6.17. The Bertz CT molecular complexity index is 417. The van der Waals surface area contributed by atoms with Crippen LogP contribution in [-0.4, -0.2) is 20.2 Å². The molecule has 0 bridgehead atoms. The van der Waals surface area contributed by atoms with Crippen LogP contribution in [0.25, 0.3) is 0 Å². The third-order valence-corrected chi connectivity index (χ3v) is 4.87. The highest BCUT2D eigenvalue weighted by atomic mass is 79.9. The van der Waals surface area contributed by atoms with Gasteiger partial charge in [-0.3, -0.25) is 0 Å². The number of benzene rings is 1. The van der Waals surface area contributed by atoms with E-state index < -0.39 is 0 Å². The highest BCUT2D eigenvalue weighted by Crippen LogP contribution is 2.35. The number of nitrogens with two attached hydrogens (primary N) is 1. The summed E-state index contributed by atoms with van der Waals surface area (Å²) in [5.74, 6) is 1.44. The number of nitrogens with one attached hydrogen (secondary N) is 1. The molecule has 0 radical (unpaired) electrons. The zero-order chi connectivity index (χ0) is 13.8. The molecule has 106 valence electrons. The predicted molar refractivity (Wildman–Crippen MR) is 82.4 cm³/mol. The minimum Gasteiger partial charge on any atom is -0.496 e. The van der Waals surface area contributed by atoms with Crippen LogP contribution in [0, 0.1) is 5.92 Å². The molecule has 0 amide bonds. The van der Waals surface area contributed by atoms with Gasteiger partial charge in [-0.25, -0.2) is 0 Å². The van der Waals surface area contributed by atoms with E-state index in [4.69, 9.17) is 10.5 Å². The van der Waals surface area contributed by atoms with Crippen molar-refractivity contribution >= 4 is 15.9 Å². The molecule has 1 aliphatic carbocycles. The van der Waals surface area contributed by atoms with E-state index in [9.17, 15) is 0 Å². The number of halogens is 1. The van der Waals surface area contributed by atoms with Gasteiger partial charge < -0.3 is 15.8 Å². The summed E-state index contributed by atoms with van der Waals surface area (Å²) in [4.78, 5) is 0. The lowest BCUT2D eigenvalue weighted by Gasteiger charge is -2.32. The second kappa shape index (κ2) is 6.73. The minimum atomic E-state index is 0.125. The van der Waals surface area contributed by atoms with Gasteiger partial charge in [0, 0.05) is 12.1 Å². The van der Waals surface area contributed by atoms with E-state index in [1.807, 2.05) is 13.1 Å². The first-order valence-corrected chi connectivity index (χ1v) is 7.71. The molecule has 2 rings (SSSR count). The Morgan fingerprint density at radius 1 is 1.32 bits per heavy atom. The van der Waals surface area contributed by atoms with Crippen molar-refractivity contribution in [2.24, 2.45) is 11.7 Å². The lowest BCUT2D eigenvalue weighted by Crippen LogP contribution is -2.33. The minimum absolute atomic E-state index is 0.125. The maximum absolute atomic E-state index is 6.43. The third-order valence-electron chi connectivity index (χ3n) is 4.25. The molecule has 3 N–H and O–H groups in total. The first-order valence-electron chi connectivity index (χ1n) is 6.92. The maximum atomic E-state index is 6.43. The van der Waals surface area contributed by atoms with Crippen LogP contribution >= 0.6 is 15.9 Å². The van der Waals surface area contributed by atoms with E-state index in [0.717, 1.165) is 10.2 Å². The van der Waals surface area contributed by atoms with E-state index in [0.29, 0.717) is 12.0 Å². The number of rotatable bonds is 4. The molecule has 0 aromatic heterocycles. The van der Waals surface area contributed by atoms with E-state index in [1.54, 1.807) is 7.11 Å². The van der Waals surface area contributed by atoms with Crippen LogP contribution in [0.5, 0.6) is 5.75 Å². The molecule has 0 aliphatic heterocycles. The number of hydrogen-bond acceptors (Lipinski definition) is 3. The Labute approximate surface area is 124 Å². The number of methoxy groups -OCH3 is 1. The van der Waals surface area contributed by atoms with Crippen molar-refractivity contribution in [1.29, 1.82) is 0 Å². The highest BCUT2D eigenvalue weighted by Gasteiger charge is 2.26. The molecule has 1 aromatic rings. The van der Waals surface area contributed by atoms with Gasteiger partial charge in [0.2, 0.25) is 0 Å². The molecular weight excluding hydrogens is 304 g/mol. The van der Waals surface area contributed by atoms with Crippen LogP contribution in [0.4, 0.5) is 0 Å². The first kappa shape index (κ1) is 14.8. The second-order valence-electron chi connectivity index (χ2n) is 5.32. The lowest BCUT2D eigenvalue weighted by atomic mass is 9.79. The summed E-state index contributed by atoms with van der Waals surface area (Å²) in [7, 11) is 3.73. The Morgan fingerprint density at radius 3 is 2.53 bits per heavy atom. The zero-order valence-electron chi connectivity index (χ0n) is 11.7. The molecule has 0 spiro atoms. The van der Waals surface area contributed by atoms with Gasteiger partial charge in [0.05, 0.1) is 11.6 Å². The summed E-state index contributed by atoms with van der Waals surface area (Å²) in [5, 5.41) is 3.36. The zero-order valence-corrected chi connectivity index (χ0v) is 13.2.